The van der Waals surface area contributed by atoms with Crippen molar-refractivity contribution in [1.82, 2.24) is 9.21 Å². The van der Waals surface area contributed by atoms with Gasteiger partial charge in [0.1, 0.15) is 0 Å². The minimum Gasteiger partial charge on any atom is -0.390 e. The molecule has 0 amide bonds. The summed E-state index contributed by atoms with van der Waals surface area (Å²) in [7, 11) is -3.06. The standard InChI is InChI=1S/C8H19N3O3S/c1-15(13,14)11-4-2-10(3-5-11)7-8(12)6-9/h8,12H,2-7,9H2,1H3. The van der Waals surface area contributed by atoms with Crippen LogP contribution in [0.4, 0.5) is 0 Å². The number of β-amino-alcohol motifs (C(OH)–C–C–N with tert-alkyl or cyclic N) is 1. The van der Waals surface area contributed by atoms with Crippen molar-refractivity contribution in [3.63, 3.8) is 0 Å². The van der Waals surface area contributed by atoms with Gasteiger partial charge in [-0.2, -0.15) is 4.31 Å². The van der Waals surface area contributed by atoms with Crippen molar-refractivity contribution in [2.24, 2.45) is 5.73 Å². The molecular formula is C8H19N3O3S. The van der Waals surface area contributed by atoms with Crippen LogP contribution < -0.4 is 5.73 Å². The van der Waals surface area contributed by atoms with Gasteiger partial charge in [0.15, 0.2) is 0 Å². The summed E-state index contributed by atoms with van der Waals surface area (Å²) in [5, 5.41) is 9.34. The Morgan fingerprint density at radius 3 is 2.27 bits per heavy atom. The Balaban J connectivity index is 2.36. The zero-order chi connectivity index (χ0) is 11.5. The lowest BCUT2D eigenvalue weighted by Crippen LogP contribution is -2.50. The molecule has 0 aliphatic carbocycles. The smallest absolute Gasteiger partial charge is 0.211 e. The van der Waals surface area contributed by atoms with E-state index in [0.717, 1.165) is 0 Å². The molecule has 1 rings (SSSR count). The molecule has 0 aromatic heterocycles. The second-order valence-electron chi connectivity index (χ2n) is 3.85. The third-order valence-corrected chi connectivity index (χ3v) is 3.84. The molecular weight excluding hydrogens is 218 g/mol. The minimum atomic E-state index is -3.06. The van der Waals surface area contributed by atoms with Crippen molar-refractivity contribution in [1.29, 1.82) is 0 Å². The van der Waals surface area contributed by atoms with E-state index >= 15 is 0 Å². The van der Waals surface area contributed by atoms with Crippen molar-refractivity contribution in [2.45, 2.75) is 6.10 Å². The molecule has 1 unspecified atom stereocenters. The van der Waals surface area contributed by atoms with E-state index in [1.54, 1.807) is 0 Å². The van der Waals surface area contributed by atoms with Crippen molar-refractivity contribution in [3.05, 3.63) is 0 Å². The highest BCUT2D eigenvalue weighted by Crippen LogP contribution is 2.06. The first-order valence-electron chi connectivity index (χ1n) is 4.99. The number of hydrogen-bond acceptors (Lipinski definition) is 5. The number of sulfonamides is 1. The van der Waals surface area contributed by atoms with Crippen LogP contribution in [0.15, 0.2) is 0 Å². The van der Waals surface area contributed by atoms with Gasteiger partial charge < -0.3 is 10.8 Å². The van der Waals surface area contributed by atoms with Gasteiger partial charge in [-0.05, 0) is 0 Å². The fraction of sp³-hybridized carbons (Fsp3) is 1.00. The van der Waals surface area contributed by atoms with E-state index in [0.29, 0.717) is 32.7 Å². The van der Waals surface area contributed by atoms with Gasteiger partial charge >= 0.3 is 0 Å². The number of aliphatic hydroxyl groups is 1. The second kappa shape index (κ2) is 5.22. The van der Waals surface area contributed by atoms with Gasteiger partial charge in [-0.15, -0.1) is 0 Å². The van der Waals surface area contributed by atoms with Crippen LogP contribution in [0.3, 0.4) is 0 Å². The molecule has 0 spiro atoms. The van der Waals surface area contributed by atoms with E-state index in [1.165, 1.54) is 10.6 Å². The van der Waals surface area contributed by atoms with E-state index in [4.69, 9.17) is 5.73 Å². The van der Waals surface area contributed by atoms with Gasteiger partial charge in [0.25, 0.3) is 0 Å². The first-order chi connectivity index (χ1) is 6.93. The van der Waals surface area contributed by atoms with Gasteiger partial charge in [0.05, 0.1) is 12.4 Å². The average molecular weight is 237 g/mol. The Morgan fingerprint density at radius 1 is 1.33 bits per heavy atom. The minimum absolute atomic E-state index is 0.242. The lowest BCUT2D eigenvalue weighted by atomic mass is 10.3. The summed E-state index contributed by atoms with van der Waals surface area (Å²) in [6, 6.07) is 0. The Hall–Kier alpha value is -0.210. The van der Waals surface area contributed by atoms with Crippen molar-refractivity contribution in [3.8, 4) is 0 Å². The lowest BCUT2D eigenvalue weighted by molar-refractivity contribution is 0.0971. The molecule has 3 N–H and O–H groups in total. The predicted octanol–water partition coefficient (Wildman–Crippen LogP) is -2.12. The van der Waals surface area contributed by atoms with E-state index in [-0.39, 0.29) is 6.54 Å². The third kappa shape index (κ3) is 4.04. The number of nitrogens with two attached hydrogens (primary N) is 1. The first kappa shape index (κ1) is 12.9. The number of nitrogens with zero attached hydrogens (tertiary/aromatic N) is 2. The van der Waals surface area contributed by atoms with Crippen LogP contribution in [-0.2, 0) is 10.0 Å². The topological polar surface area (TPSA) is 86.9 Å². The van der Waals surface area contributed by atoms with Crippen molar-refractivity contribution < 1.29 is 13.5 Å². The normalized spacial score (nSPS) is 22.9. The third-order valence-electron chi connectivity index (χ3n) is 2.54. The van der Waals surface area contributed by atoms with E-state index in [9.17, 15) is 13.5 Å². The molecule has 0 saturated carbocycles. The summed E-state index contributed by atoms with van der Waals surface area (Å²) >= 11 is 0. The zero-order valence-electron chi connectivity index (χ0n) is 8.96. The van der Waals surface area contributed by atoms with E-state index in [1.807, 2.05) is 4.90 Å². The zero-order valence-corrected chi connectivity index (χ0v) is 9.78. The summed E-state index contributed by atoms with van der Waals surface area (Å²) < 4.78 is 23.9. The molecule has 7 heteroatoms. The van der Waals surface area contributed by atoms with Crippen molar-refractivity contribution >= 4 is 10.0 Å². The molecule has 6 nitrogen and oxygen atoms in total. The van der Waals surface area contributed by atoms with Crippen LogP contribution in [0, 0.1) is 0 Å². The number of piperazine rings is 1. The summed E-state index contributed by atoms with van der Waals surface area (Å²) in [5.41, 5.74) is 5.30. The predicted molar refractivity (Wildman–Crippen MR) is 57.9 cm³/mol. The maximum Gasteiger partial charge on any atom is 0.211 e. The van der Waals surface area contributed by atoms with Crippen LogP contribution in [0.25, 0.3) is 0 Å². The molecule has 0 aromatic carbocycles. The SMILES string of the molecule is CS(=O)(=O)N1CCN(CC(O)CN)CC1. The summed E-state index contributed by atoms with van der Waals surface area (Å²) in [5.74, 6) is 0. The molecule has 0 bridgehead atoms. The van der Waals surface area contributed by atoms with Crippen LogP contribution in [-0.4, -0.2) is 74.4 Å². The average Bonchev–Trinajstić information content (AvgIpc) is 2.17. The van der Waals surface area contributed by atoms with Gasteiger partial charge in [-0.1, -0.05) is 0 Å². The molecule has 0 radical (unpaired) electrons. The number of aliphatic hydroxyl groups excluding tert-OH is 1. The van der Waals surface area contributed by atoms with Gasteiger partial charge in [-0.25, -0.2) is 8.42 Å². The number of hydrogen-bond donors (Lipinski definition) is 2. The molecule has 1 atom stereocenters. The fourth-order valence-corrected chi connectivity index (χ4v) is 2.44. The highest BCUT2D eigenvalue weighted by molar-refractivity contribution is 7.88. The Labute approximate surface area is 90.7 Å². The molecule has 0 aromatic rings. The van der Waals surface area contributed by atoms with Gasteiger partial charge in [0.2, 0.25) is 10.0 Å². The number of rotatable bonds is 4. The molecule has 90 valence electrons. The largest absolute Gasteiger partial charge is 0.390 e. The highest BCUT2D eigenvalue weighted by Gasteiger charge is 2.23. The van der Waals surface area contributed by atoms with Crippen LogP contribution in [0.2, 0.25) is 0 Å². The molecule has 1 heterocycles. The molecule has 1 aliphatic heterocycles. The Morgan fingerprint density at radius 2 is 1.87 bits per heavy atom. The molecule has 1 saturated heterocycles. The van der Waals surface area contributed by atoms with Crippen LogP contribution in [0.5, 0.6) is 0 Å². The summed E-state index contributed by atoms with van der Waals surface area (Å²) in [4.78, 5) is 2.03. The quantitative estimate of drug-likeness (QED) is 0.584. The monoisotopic (exact) mass is 237 g/mol. The second-order valence-corrected chi connectivity index (χ2v) is 5.83. The molecule has 1 fully saturated rings. The fourth-order valence-electron chi connectivity index (χ4n) is 1.62. The summed E-state index contributed by atoms with van der Waals surface area (Å²) in [6.07, 6.45) is 0.701. The highest BCUT2D eigenvalue weighted by atomic mass is 32.2. The van der Waals surface area contributed by atoms with E-state index in [2.05, 4.69) is 0 Å². The molecule has 15 heavy (non-hydrogen) atoms. The first-order valence-corrected chi connectivity index (χ1v) is 6.84. The van der Waals surface area contributed by atoms with Gasteiger partial charge in [-0.3, -0.25) is 4.90 Å². The maximum absolute atomic E-state index is 11.2. The molecule has 1 aliphatic rings. The maximum atomic E-state index is 11.2. The van der Waals surface area contributed by atoms with Crippen LogP contribution in [0.1, 0.15) is 0 Å². The van der Waals surface area contributed by atoms with Crippen molar-refractivity contribution in [2.75, 3.05) is 45.5 Å². The van der Waals surface area contributed by atoms with Gasteiger partial charge in [0, 0.05) is 39.3 Å². The Bertz CT molecular complexity index is 286. The summed E-state index contributed by atoms with van der Waals surface area (Å²) in [6.45, 7) is 3.07. The van der Waals surface area contributed by atoms with Crippen LogP contribution >= 0.6 is 0 Å². The Kier molecular flexibility index (Phi) is 4.47. The van der Waals surface area contributed by atoms with E-state index < -0.39 is 16.1 Å². The lowest BCUT2D eigenvalue weighted by Gasteiger charge is -2.34.